The van der Waals surface area contributed by atoms with Gasteiger partial charge in [0.1, 0.15) is 0 Å². The highest BCUT2D eigenvalue weighted by Gasteiger charge is 2.22. The van der Waals surface area contributed by atoms with Gasteiger partial charge >= 0.3 is 0 Å². The van der Waals surface area contributed by atoms with Crippen molar-refractivity contribution in [3.05, 3.63) is 65.7 Å². The molecule has 0 N–H and O–H groups in total. The molecule has 2 heterocycles. The van der Waals surface area contributed by atoms with E-state index in [1.807, 2.05) is 23.1 Å². The summed E-state index contributed by atoms with van der Waals surface area (Å²) in [7, 11) is 0. The monoisotopic (exact) mass is 365 g/mol. The van der Waals surface area contributed by atoms with E-state index in [9.17, 15) is 4.79 Å². The first kappa shape index (κ1) is 18.0. The molecule has 0 bridgehead atoms. The third-order valence-electron chi connectivity index (χ3n) is 5.40. The van der Waals surface area contributed by atoms with Gasteiger partial charge in [0.05, 0.1) is 13.2 Å². The number of hydrogen-bond acceptors (Lipinski definition) is 4. The lowest BCUT2D eigenvalue weighted by Gasteiger charge is -2.35. The maximum atomic E-state index is 12.8. The minimum atomic E-state index is 0.142. The average molecular weight is 365 g/mol. The van der Waals surface area contributed by atoms with E-state index in [2.05, 4.69) is 46.2 Å². The number of carbonyl (C=O) groups is 1. The summed E-state index contributed by atoms with van der Waals surface area (Å²) in [5.41, 5.74) is 3.28. The van der Waals surface area contributed by atoms with Gasteiger partial charge in [-0.15, -0.1) is 0 Å². The number of piperazine rings is 1. The molecule has 142 valence electrons. The van der Waals surface area contributed by atoms with E-state index in [1.165, 1.54) is 11.3 Å². The maximum Gasteiger partial charge on any atom is 0.253 e. The summed E-state index contributed by atoms with van der Waals surface area (Å²) in [6, 6.07) is 18.6. The van der Waals surface area contributed by atoms with Crippen LogP contribution >= 0.6 is 0 Å². The van der Waals surface area contributed by atoms with Crippen LogP contribution in [0.4, 0.5) is 5.69 Å². The van der Waals surface area contributed by atoms with Crippen LogP contribution in [0.15, 0.2) is 54.6 Å². The maximum absolute atomic E-state index is 12.8. The van der Waals surface area contributed by atoms with Crippen LogP contribution in [-0.2, 0) is 11.3 Å². The molecular formula is C22H27N3O2. The van der Waals surface area contributed by atoms with Crippen LogP contribution in [0, 0.1) is 0 Å². The van der Waals surface area contributed by atoms with Gasteiger partial charge in [-0.1, -0.05) is 30.3 Å². The highest BCUT2D eigenvalue weighted by molar-refractivity contribution is 5.94. The molecule has 2 aromatic rings. The fraction of sp³-hybridized carbons (Fsp3) is 0.409. The predicted molar refractivity (Wildman–Crippen MR) is 107 cm³/mol. The lowest BCUT2D eigenvalue weighted by Crippen LogP contribution is -2.48. The van der Waals surface area contributed by atoms with Crippen molar-refractivity contribution in [2.75, 3.05) is 57.4 Å². The molecule has 2 aliphatic heterocycles. The van der Waals surface area contributed by atoms with Crippen molar-refractivity contribution in [2.45, 2.75) is 6.54 Å². The predicted octanol–water partition coefficient (Wildman–Crippen LogP) is 2.48. The molecule has 2 fully saturated rings. The molecule has 2 saturated heterocycles. The molecule has 1 amide bonds. The fourth-order valence-corrected chi connectivity index (χ4v) is 3.77. The number of nitrogens with zero attached hydrogens (tertiary/aromatic N) is 3. The van der Waals surface area contributed by atoms with Gasteiger partial charge in [-0.05, 0) is 29.8 Å². The summed E-state index contributed by atoms with van der Waals surface area (Å²) in [5, 5.41) is 0. The quantitative estimate of drug-likeness (QED) is 0.834. The Morgan fingerprint density at radius 1 is 0.815 bits per heavy atom. The van der Waals surface area contributed by atoms with E-state index < -0.39 is 0 Å². The van der Waals surface area contributed by atoms with Gasteiger partial charge in [-0.2, -0.15) is 0 Å². The minimum Gasteiger partial charge on any atom is -0.378 e. The molecule has 0 saturated carbocycles. The van der Waals surface area contributed by atoms with E-state index in [0.717, 1.165) is 64.6 Å². The van der Waals surface area contributed by atoms with Crippen molar-refractivity contribution in [3.8, 4) is 0 Å². The summed E-state index contributed by atoms with van der Waals surface area (Å²) in [5.74, 6) is 0.142. The molecule has 0 spiro atoms. The number of ether oxygens (including phenoxy) is 1. The topological polar surface area (TPSA) is 36.0 Å². The van der Waals surface area contributed by atoms with E-state index in [-0.39, 0.29) is 5.91 Å². The zero-order chi connectivity index (χ0) is 18.5. The number of hydrogen-bond donors (Lipinski definition) is 0. The van der Waals surface area contributed by atoms with E-state index in [1.54, 1.807) is 0 Å². The van der Waals surface area contributed by atoms with Gasteiger partial charge in [0.15, 0.2) is 0 Å². The number of amides is 1. The zero-order valence-electron chi connectivity index (χ0n) is 15.7. The van der Waals surface area contributed by atoms with Gasteiger partial charge in [0, 0.05) is 57.1 Å². The van der Waals surface area contributed by atoms with Gasteiger partial charge in [0.25, 0.3) is 5.91 Å². The standard InChI is InChI=1S/C22H27N3O2/c26-22(20-6-8-21(9-7-20)24-14-16-27-17-15-24)25-12-10-23(11-13-25)18-19-4-2-1-3-5-19/h1-9H,10-18H2. The lowest BCUT2D eigenvalue weighted by molar-refractivity contribution is 0.0628. The van der Waals surface area contributed by atoms with E-state index >= 15 is 0 Å². The Labute approximate surface area is 161 Å². The molecule has 0 aromatic heterocycles. The minimum absolute atomic E-state index is 0.142. The Bertz CT molecular complexity index is 734. The van der Waals surface area contributed by atoms with Gasteiger partial charge in [-0.3, -0.25) is 9.69 Å². The molecule has 0 unspecified atom stereocenters. The van der Waals surface area contributed by atoms with E-state index in [0.29, 0.717) is 0 Å². The molecule has 5 heteroatoms. The zero-order valence-corrected chi connectivity index (χ0v) is 15.7. The third kappa shape index (κ3) is 4.49. The SMILES string of the molecule is O=C(c1ccc(N2CCOCC2)cc1)N1CCN(Cc2ccccc2)CC1. The Hall–Kier alpha value is -2.37. The first-order chi connectivity index (χ1) is 13.3. The molecule has 27 heavy (non-hydrogen) atoms. The summed E-state index contributed by atoms with van der Waals surface area (Å²) in [4.78, 5) is 19.5. The molecule has 2 aliphatic rings. The van der Waals surface area contributed by atoms with Crippen molar-refractivity contribution in [1.29, 1.82) is 0 Å². The smallest absolute Gasteiger partial charge is 0.253 e. The van der Waals surface area contributed by atoms with E-state index in [4.69, 9.17) is 4.74 Å². The second kappa shape index (κ2) is 8.55. The van der Waals surface area contributed by atoms with Crippen LogP contribution in [-0.4, -0.2) is 68.2 Å². The Balaban J connectivity index is 1.31. The summed E-state index contributed by atoms with van der Waals surface area (Å²) < 4.78 is 5.40. The number of morpholine rings is 1. The Kier molecular flexibility index (Phi) is 5.70. The number of benzene rings is 2. The molecule has 0 aliphatic carbocycles. The fourth-order valence-electron chi connectivity index (χ4n) is 3.77. The molecule has 4 rings (SSSR count). The Morgan fingerprint density at radius 3 is 2.15 bits per heavy atom. The summed E-state index contributed by atoms with van der Waals surface area (Å²) in [6.45, 7) is 7.75. The van der Waals surface area contributed by atoms with Crippen molar-refractivity contribution < 1.29 is 9.53 Å². The number of anilines is 1. The lowest BCUT2D eigenvalue weighted by atomic mass is 10.1. The van der Waals surface area contributed by atoms with Gasteiger partial charge < -0.3 is 14.5 Å². The van der Waals surface area contributed by atoms with Crippen molar-refractivity contribution in [3.63, 3.8) is 0 Å². The second-order valence-electron chi connectivity index (χ2n) is 7.20. The normalized spacial score (nSPS) is 18.5. The van der Waals surface area contributed by atoms with Crippen molar-refractivity contribution in [2.24, 2.45) is 0 Å². The second-order valence-corrected chi connectivity index (χ2v) is 7.20. The first-order valence-corrected chi connectivity index (χ1v) is 9.78. The molecule has 2 aromatic carbocycles. The molecule has 5 nitrogen and oxygen atoms in total. The van der Waals surface area contributed by atoms with Crippen LogP contribution in [0.5, 0.6) is 0 Å². The van der Waals surface area contributed by atoms with Gasteiger partial charge in [-0.25, -0.2) is 0 Å². The third-order valence-corrected chi connectivity index (χ3v) is 5.40. The highest BCUT2D eigenvalue weighted by Crippen LogP contribution is 2.18. The first-order valence-electron chi connectivity index (χ1n) is 9.78. The van der Waals surface area contributed by atoms with Crippen molar-refractivity contribution in [1.82, 2.24) is 9.80 Å². The summed E-state index contributed by atoms with van der Waals surface area (Å²) >= 11 is 0. The number of carbonyl (C=O) groups excluding carboxylic acids is 1. The summed E-state index contributed by atoms with van der Waals surface area (Å²) in [6.07, 6.45) is 0. The molecule has 0 radical (unpaired) electrons. The van der Waals surface area contributed by atoms with Crippen molar-refractivity contribution >= 4 is 11.6 Å². The molecule has 0 atom stereocenters. The van der Waals surface area contributed by atoms with Crippen LogP contribution in [0.1, 0.15) is 15.9 Å². The largest absolute Gasteiger partial charge is 0.378 e. The van der Waals surface area contributed by atoms with Crippen LogP contribution in [0.3, 0.4) is 0 Å². The average Bonchev–Trinajstić information content (AvgIpc) is 2.75. The highest BCUT2D eigenvalue weighted by atomic mass is 16.5. The van der Waals surface area contributed by atoms with Gasteiger partial charge in [0.2, 0.25) is 0 Å². The van der Waals surface area contributed by atoms with Crippen LogP contribution in [0.2, 0.25) is 0 Å². The molecular weight excluding hydrogens is 338 g/mol. The van der Waals surface area contributed by atoms with Crippen LogP contribution < -0.4 is 4.90 Å². The Morgan fingerprint density at radius 2 is 1.48 bits per heavy atom. The van der Waals surface area contributed by atoms with Crippen LogP contribution in [0.25, 0.3) is 0 Å². The number of rotatable bonds is 4.